The van der Waals surface area contributed by atoms with E-state index in [1.165, 1.54) is 5.56 Å². The van der Waals surface area contributed by atoms with Crippen molar-refractivity contribution in [2.45, 2.75) is 38.3 Å². The van der Waals surface area contributed by atoms with Gasteiger partial charge in [-0.25, -0.2) is 9.97 Å². The zero-order chi connectivity index (χ0) is 12.5. The molecule has 0 saturated heterocycles. The molecule has 2 aromatic rings. The Balaban J connectivity index is 1.83. The Kier molecular flexibility index (Phi) is 3.18. The Morgan fingerprint density at radius 3 is 3.06 bits per heavy atom. The van der Waals surface area contributed by atoms with E-state index in [4.69, 9.17) is 4.74 Å². The number of thiophene rings is 1. The van der Waals surface area contributed by atoms with Crippen LogP contribution in [0.4, 0.5) is 5.82 Å². The van der Waals surface area contributed by atoms with E-state index >= 15 is 0 Å². The maximum absolute atomic E-state index is 5.40. The minimum absolute atomic E-state index is 0.393. The Bertz CT molecular complexity index is 554. The number of hydrogen-bond acceptors (Lipinski definition) is 5. The van der Waals surface area contributed by atoms with Gasteiger partial charge in [-0.3, -0.25) is 0 Å². The highest BCUT2D eigenvalue weighted by Crippen LogP contribution is 2.31. The van der Waals surface area contributed by atoms with Crippen molar-refractivity contribution in [3.63, 3.8) is 0 Å². The smallest absolute Gasteiger partial charge is 0.147 e. The molecule has 0 aliphatic heterocycles. The van der Waals surface area contributed by atoms with Gasteiger partial charge in [0, 0.05) is 13.2 Å². The maximum Gasteiger partial charge on any atom is 0.147 e. The molecule has 1 saturated carbocycles. The minimum atomic E-state index is 0.393. The van der Waals surface area contributed by atoms with Gasteiger partial charge in [0.25, 0.3) is 0 Å². The summed E-state index contributed by atoms with van der Waals surface area (Å²) in [6, 6.07) is 0.468. The highest BCUT2D eigenvalue weighted by molar-refractivity contribution is 7.18. The summed E-state index contributed by atoms with van der Waals surface area (Å²) >= 11 is 1.71. The van der Waals surface area contributed by atoms with Crippen LogP contribution >= 0.6 is 11.3 Å². The summed E-state index contributed by atoms with van der Waals surface area (Å²) in [4.78, 5) is 8.72. The molecule has 18 heavy (non-hydrogen) atoms. The number of anilines is 1. The van der Waals surface area contributed by atoms with Crippen LogP contribution in [0.5, 0.6) is 0 Å². The molecule has 0 spiro atoms. The van der Waals surface area contributed by atoms with Crippen molar-refractivity contribution in [2.24, 2.45) is 0 Å². The molecule has 2 aromatic heterocycles. The third-order valence-electron chi connectivity index (χ3n) is 3.59. The predicted octanol–water partition coefficient (Wildman–Crippen LogP) is 2.98. The highest BCUT2D eigenvalue weighted by atomic mass is 32.1. The van der Waals surface area contributed by atoms with Crippen molar-refractivity contribution in [2.75, 3.05) is 12.4 Å². The van der Waals surface area contributed by atoms with Gasteiger partial charge in [0.2, 0.25) is 0 Å². The fraction of sp³-hybridized carbons (Fsp3) is 0.538. The van der Waals surface area contributed by atoms with Crippen LogP contribution in [0.15, 0.2) is 11.7 Å². The first-order valence-electron chi connectivity index (χ1n) is 6.26. The number of ether oxygens (including phenoxy) is 1. The molecule has 2 heterocycles. The first-order chi connectivity index (χ1) is 8.78. The third kappa shape index (κ3) is 2.08. The maximum atomic E-state index is 5.40. The number of aryl methyl sites for hydroxylation is 1. The molecule has 5 heteroatoms. The molecule has 1 aliphatic rings. The molecular weight excluding hydrogens is 246 g/mol. The average Bonchev–Trinajstić information content (AvgIpc) is 2.98. The van der Waals surface area contributed by atoms with Crippen LogP contribution in [0.25, 0.3) is 10.2 Å². The van der Waals surface area contributed by atoms with Gasteiger partial charge < -0.3 is 10.1 Å². The van der Waals surface area contributed by atoms with Gasteiger partial charge in [-0.2, -0.15) is 0 Å². The molecule has 0 amide bonds. The second-order valence-electron chi connectivity index (χ2n) is 4.83. The van der Waals surface area contributed by atoms with Gasteiger partial charge in [-0.1, -0.05) is 0 Å². The Morgan fingerprint density at radius 1 is 1.39 bits per heavy atom. The lowest BCUT2D eigenvalue weighted by Gasteiger charge is -2.13. The summed E-state index contributed by atoms with van der Waals surface area (Å²) in [5.74, 6) is 0.972. The molecule has 1 aliphatic carbocycles. The standard InChI is InChI=1S/C13H17N3OS/c1-8-6-18-12-11(8)14-7-15-13(12)16-9-3-4-10(5-9)17-2/h6-7,9-10H,3-5H2,1-2H3,(H,14,15,16). The molecule has 0 aromatic carbocycles. The summed E-state index contributed by atoms with van der Waals surface area (Å²) in [6.07, 6.45) is 5.38. The Labute approximate surface area is 110 Å². The van der Waals surface area contributed by atoms with E-state index < -0.39 is 0 Å². The van der Waals surface area contributed by atoms with E-state index in [1.807, 2.05) is 0 Å². The molecule has 3 rings (SSSR count). The van der Waals surface area contributed by atoms with Crippen molar-refractivity contribution in [3.05, 3.63) is 17.3 Å². The lowest BCUT2D eigenvalue weighted by atomic mass is 10.2. The van der Waals surface area contributed by atoms with Gasteiger partial charge in [0.05, 0.1) is 16.3 Å². The zero-order valence-corrected chi connectivity index (χ0v) is 11.5. The number of hydrogen-bond donors (Lipinski definition) is 1. The van der Waals surface area contributed by atoms with Gasteiger partial charge in [0.1, 0.15) is 12.1 Å². The van der Waals surface area contributed by atoms with Crippen molar-refractivity contribution in [3.8, 4) is 0 Å². The number of nitrogens with one attached hydrogen (secondary N) is 1. The van der Waals surface area contributed by atoms with E-state index in [0.29, 0.717) is 12.1 Å². The van der Waals surface area contributed by atoms with Crippen LogP contribution in [0.3, 0.4) is 0 Å². The first kappa shape index (κ1) is 11.9. The molecule has 1 N–H and O–H groups in total. The normalized spacial score (nSPS) is 23.7. The highest BCUT2D eigenvalue weighted by Gasteiger charge is 2.25. The SMILES string of the molecule is COC1CCC(Nc2ncnc3c(C)csc23)C1. The van der Waals surface area contributed by atoms with Gasteiger partial charge in [-0.05, 0) is 37.1 Å². The Hall–Kier alpha value is -1.20. The van der Waals surface area contributed by atoms with Crippen LogP contribution < -0.4 is 5.32 Å². The van der Waals surface area contributed by atoms with E-state index in [0.717, 1.165) is 35.3 Å². The predicted molar refractivity (Wildman–Crippen MR) is 74.2 cm³/mol. The molecule has 4 nitrogen and oxygen atoms in total. The number of nitrogens with zero attached hydrogens (tertiary/aromatic N) is 2. The molecule has 1 fully saturated rings. The quantitative estimate of drug-likeness (QED) is 0.924. The van der Waals surface area contributed by atoms with E-state index in [9.17, 15) is 0 Å². The van der Waals surface area contributed by atoms with Gasteiger partial charge in [0.15, 0.2) is 0 Å². The fourth-order valence-electron chi connectivity index (χ4n) is 2.55. The summed E-state index contributed by atoms with van der Waals surface area (Å²) in [7, 11) is 1.79. The van der Waals surface area contributed by atoms with Crippen molar-refractivity contribution in [1.82, 2.24) is 9.97 Å². The number of methoxy groups -OCH3 is 1. The molecular formula is C13H17N3OS. The lowest BCUT2D eigenvalue weighted by Crippen LogP contribution is -2.18. The summed E-state index contributed by atoms with van der Waals surface area (Å²) in [6.45, 7) is 2.09. The van der Waals surface area contributed by atoms with Crippen molar-refractivity contribution < 1.29 is 4.74 Å². The Morgan fingerprint density at radius 2 is 2.28 bits per heavy atom. The van der Waals surface area contributed by atoms with Gasteiger partial charge >= 0.3 is 0 Å². The summed E-state index contributed by atoms with van der Waals surface area (Å²) < 4.78 is 6.56. The third-order valence-corrected chi connectivity index (χ3v) is 4.68. The first-order valence-corrected chi connectivity index (χ1v) is 7.14. The molecule has 96 valence electrons. The summed E-state index contributed by atoms with van der Waals surface area (Å²) in [5.41, 5.74) is 2.29. The fourth-order valence-corrected chi connectivity index (χ4v) is 3.51. The van der Waals surface area contributed by atoms with Crippen LogP contribution in [0.1, 0.15) is 24.8 Å². The minimum Gasteiger partial charge on any atom is -0.381 e. The van der Waals surface area contributed by atoms with Crippen LogP contribution in [0.2, 0.25) is 0 Å². The monoisotopic (exact) mass is 263 g/mol. The topological polar surface area (TPSA) is 47.0 Å². The lowest BCUT2D eigenvalue weighted by molar-refractivity contribution is 0.108. The van der Waals surface area contributed by atoms with Crippen LogP contribution in [-0.2, 0) is 4.74 Å². The molecule has 0 bridgehead atoms. The molecule has 2 atom stereocenters. The second kappa shape index (κ2) is 4.82. The molecule has 0 radical (unpaired) electrons. The van der Waals surface area contributed by atoms with E-state index in [2.05, 4.69) is 27.6 Å². The number of rotatable bonds is 3. The zero-order valence-electron chi connectivity index (χ0n) is 10.6. The average molecular weight is 263 g/mol. The largest absolute Gasteiger partial charge is 0.381 e. The van der Waals surface area contributed by atoms with E-state index in [-0.39, 0.29) is 0 Å². The van der Waals surface area contributed by atoms with Crippen LogP contribution in [-0.4, -0.2) is 29.2 Å². The second-order valence-corrected chi connectivity index (χ2v) is 5.71. The number of aromatic nitrogens is 2. The molecule has 2 unspecified atom stereocenters. The van der Waals surface area contributed by atoms with Crippen molar-refractivity contribution in [1.29, 1.82) is 0 Å². The van der Waals surface area contributed by atoms with Gasteiger partial charge in [-0.15, -0.1) is 11.3 Å². The van der Waals surface area contributed by atoms with E-state index in [1.54, 1.807) is 24.8 Å². The van der Waals surface area contributed by atoms with Crippen LogP contribution in [0, 0.1) is 6.92 Å². The number of fused-ring (bicyclic) bond motifs is 1. The van der Waals surface area contributed by atoms with Crippen molar-refractivity contribution >= 4 is 27.4 Å². The summed E-state index contributed by atoms with van der Waals surface area (Å²) in [5, 5.41) is 5.68.